The van der Waals surface area contributed by atoms with Gasteiger partial charge in [-0.1, -0.05) is 143 Å². The lowest BCUT2D eigenvalue weighted by Crippen LogP contribution is -2.38. The molecule has 2 nitrogen and oxygen atoms in total. The Balaban J connectivity index is 2.20. The van der Waals surface area contributed by atoms with Crippen molar-refractivity contribution < 1.29 is 4.57 Å². The normalized spacial score (nSPS) is 12.6. The Morgan fingerprint density at radius 3 is 1.40 bits per heavy atom. The van der Waals surface area contributed by atoms with Crippen LogP contribution in [-0.4, -0.2) is 4.57 Å². The van der Waals surface area contributed by atoms with Crippen molar-refractivity contribution in [3.63, 3.8) is 0 Å². The molecular weight excluding hydrogens is 424 g/mol. The van der Waals surface area contributed by atoms with E-state index in [9.17, 15) is 0 Å². The molecule has 0 saturated heterocycles. The molecule has 206 valence electrons. The summed E-state index contributed by atoms with van der Waals surface area (Å²) < 4.78 is 5.16. The Labute approximate surface area is 221 Å². The molecule has 0 aliphatic rings. The average molecular weight is 490 g/mol. The highest BCUT2D eigenvalue weighted by Gasteiger charge is 2.23. The van der Waals surface area contributed by atoms with Crippen molar-refractivity contribution in [3.05, 3.63) is 18.2 Å². The van der Waals surface area contributed by atoms with Gasteiger partial charge < -0.3 is 0 Å². The van der Waals surface area contributed by atoms with E-state index in [1.54, 1.807) is 0 Å². The first kappa shape index (κ1) is 32.2. The van der Waals surface area contributed by atoms with E-state index in [1.807, 2.05) is 0 Å². The zero-order valence-electron chi connectivity index (χ0n) is 25.0. The number of hydrogen-bond acceptors (Lipinski definition) is 0. The van der Waals surface area contributed by atoms with Crippen LogP contribution in [0.15, 0.2) is 12.4 Å². The molecule has 35 heavy (non-hydrogen) atoms. The first-order valence-corrected chi connectivity index (χ1v) is 16.2. The Morgan fingerprint density at radius 1 is 0.571 bits per heavy atom. The van der Waals surface area contributed by atoms with Gasteiger partial charge in [0.2, 0.25) is 0 Å². The molecule has 0 spiro atoms. The summed E-state index contributed by atoms with van der Waals surface area (Å²) in [6.07, 6.45) is 35.9. The van der Waals surface area contributed by atoms with Crippen molar-refractivity contribution in [1.82, 2.24) is 4.57 Å². The molecule has 0 fully saturated rings. The molecular formula is C33H65N2+. The van der Waals surface area contributed by atoms with Gasteiger partial charge in [0.25, 0.3) is 5.82 Å². The van der Waals surface area contributed by atoms with Crippen LogP contribution in [0.25, 0.3) is 0 Å². The van der Waals surface area contributed by atoms with Crippen LogP contribution in [-0.2, 0) is 6.54 Å². The van der Waals surface area contributed by atoms with Crippen LogP contribution in [0, 0.1) is 0 Å². The lowest BCUT2D eigenvalue weighted by molar-refractivity contribution is -0.705. The highest BCUT2D eigenvalue weighted by Crippen LogP contribution is 2.22. The summed E-state index contributed by atoms with van der Waals surface area (Å²) in [4.78, 5) is 0. The van der Waals surface area contributed by atoms with Crippen LogP contribution in [0.4, 0.5) is 0 Å². The molecule has 0 amide bonds. The van der Waals surface area contributed by atoms with Gasteiger partial charge in [-0.2, -0.15) is 0 Å². The van der Waals surface area contributed by atoms with E-state index in [-0.39, 0.29) is 0 Å². The summed E-state index contributed by atoms with van der Waals surface area (Å²) in [6, 6.07) is 0.625. The largest absolute Gasteiger partial charge is 0.259 e. The molecule has 2 heteroatoms. The summed E-state index contributed by atoms with van der Waals surface area (Å²) in [5.74, 6) is 2.13. The fraction of sp³-hybridized carbons (Fsp3) is 0.909. The quantitative estimate of drug-likeness (QED) is 0.0953. The van der Waals surface area contributed by atoms with E-state index in [4.69, 9.17) is 0 Å². The topological polar surface area (TPSA) is 8.81 Å². The van der Waals surface area contributed by atoms with Gasteiger partial charge in [-0.05, 0) is 32.6 Å². The standard InChI is InChI=1S/C33H65N2/c1-6-8-10-12-14-16-18-20-22-24-26-28-34-29-30-35(33(34)31(3)4)32(5)27-25-23-21-19-17-15-13-11-9-7-2/h29-32H,6-28H2,1-5H3/q+1. The second-order valence-corrected chi connectivity index (χ2v) is 11.8. The predicted octanol–water partition coefficient (Wildman–Crippen LogP) is 11.1. The number of rotatable bonds is 25. The molecule has 1 heterocycles. The molecule has 0 saturated carbocycles. The molecule has 1 aromatic rings. The minimum Gasteiger partial charge on any atom is -0.234 e. The van der Waals surface area contributed by atoms with Crippen molar-refractivity contribution in [2.45, 2.75) is 194 Å². The first-order chi connectivity index (χ1) is 17.1. The van der Waals surface area contributed by atoms with Gasteiger partial charge in [-0.15, -0.1) is 0 Å². The fourth-order valence-electron chi connectivity index (χ4n) is 5.66. The van der Waals surface area contributed by atoms with E-state index in [0.29, 0.717) is 12.0 Å². The van der Waals surface area contributed by atoms with Crippen LogP contribution in [0.2, 0.25) is 0 Å². The van der Waals surface area contributed by atoms with Gasteiger partial charge in [0.15, 0.2) is 0 Å². The molecule has 0 radical (unpaired) electrons. The molecule has 1 aromatic heterocycles. The van der Waals surface area contributed by atoms with Crippen molar-refractivity contribution in [2.24, 2.45) is 0 Å². The highest BCUT2D eigenvalue weighted by molar-refractivity contribution is 4.92. The third-order valence-electron chi connectivity index (χ3n) is 7.94. The third-order valence-corrected chi connectivity index (χ3v) is 7.94. The number of unbranched alkanes of at least 4 members (excludes halogenated alkanes) is 19. The molecule has 0 aliphatic carbocycles. The molecule has 1 unspecified atom stereocenters. The number of hydrogen-bond donors (Lipinski definition) is 0. The van der Waals surface area contributed by atoms with Crippen molar-refractivity contribution in [2.75, 3.05) is 0 Å². The SMILES string of the molecule is CCCCCCCCCCCCC[n+]1ccn(C(C)CCCCCCCCCCCC)c1C(C)C. The van der Waals surface area contributed by atoms with Crippen molar-refractivity contribution in [3.8, 4) is 0 Å². The summed E-state index contributed by atoms with van der Waals surface area (Å²) in [7, 11) is 0. The van der Waals surface area contributed by atoms with E-state index >= 15 is 0 Å². The second-order valence-electron chi connectivity index (χ2n) is 11.8. The van der Waals surface area contributed by atoms with Gasteiger partial charge in [-0.3, -0.25) is 0 Å². The molecule has 0 aromatic carbocycles. The third kappa shape index (κ3) is 15.8. The van der Waals surface area contributed by atoms with E-state index in [2.05, 4.69) is 56.1 Å². The van der Waals surface area contributed by atoms with E-state index in [0.717, 1.165) is 0 Å². The minimum absolute atomic E-state index is 0.591. The molecule has 1 atom stereocenters. The number of aromatic nitrogens is 2. The van der Waals surface area contributed by atoms with Crippen LogP contribution in [0.1, 0.15) is 194 Å². The zero-order valence-corrected chi connectivity index (χ0v) is 25.0. The smallest absolute Gasteiger partial charge is 0.234 e. The van der Waals surface area contributed by atoms with Crippen molar-refractivity contribution >= 4 is 0 Å². The van der Waals surface area contributed by atoms with Crippen LogP contribution >= 0.6 is 0 Å². The average Bonchev–Trinajstić information content (AvgIpc) is 3.28. The maximum atomic E-state index is 2.59. The van der Waals surface area contributed by atoms with Gasteiger partial charge >= 0.3 is 0 Å². The predicted molar refractivity (Wildman–Crippen MR) is 156 cm³/mol. The summed E-state index contributed by atoms with van der Waals surface area (Å²) >= 11 is 0. The second kappa shape index (κ2) is 22.4. The maximum absolute atomic E-state index is 2.59. The van der Waals surface area contributed by atoms with Gasteiger partial charge in [0.1, 0.15) is 12.4 Å². The van der Waals surface area contributed by atoms with Gasteiger partial charge in [-0.25, -0.2) is 9.13 Å². The molecule has 1 rings (SSSR count). The van der Waals surface area contributed by atoms with Crippen LogP contribution < -0.4 is 4.57 Å². The lowest BCUT2D eigenvalue weighted by atomic mass is 10.0. The van der Waals surface area contributed by atoms with E-state index < -0.39 is 0 Å². The monoisotopic (exact) mass is 490 g/mol. The van der Waals surface area contributed by atoms with Crippen LogP contribution in [0.5, 0.6) is 0 Å². The Morgan fingerprint density at radius 2 is 0.971 bits per heavy atom. The summed E-state index contributed by atoms with van der Waals surface area (Å²) in [5, 5.41) is 0. The molecule has 0 N–H and O–H groups in total. The first-order valence-electron chi connectivity index (χ1n) is 16.2. The lowest BCUT2D eigenvalue weighted by Gasteiger charge is -2.14. The molecule has 0 aliphatic heterocycles. The van der Waals surface area contributed by atoms with Gasteiger partial charge in [0, 0.05) is 0 Å². The zero-order chi connectivity index (χ0) is 25.6. The summed E-state index contributed by atoms with van der Waals surface area (Å²) in [6.45, 7) is 13.0. The van der Waals surface area contributed by atoms with Crippen molar-refractivity contribution in [1.29, 1.82) is 0 Å². The number of nitrogens with zero attached hydrogens (tertiary/aromatic N) is 2. The Hall–Kier alpha value is -0.790. The Kier molecular flexibility index (Phi) is 20.6. The van der Waals surface area contributed by atoms with E-state index in [1.165, 1.54) is 154 Å². The minimum atomic E-state index is 0.591. The highest BCUT2D eigenvalue weighted by atomic mass is 15.2. The summed E-state index contributed by atoms with van der Waals surface area (Å²) in [5.41, 5.74) is 0. The Bertz CT molecular complexity index is 574. The number of aryl methyl sites for hydroxylation is 1. The maximum Gasteiger partial charge on any atom is 0.259 e. The fourth-order valence-corrected chi connectivity index (χ4v) is 5.66. The van der Waals surface area contributed by atoms with Gasteiger partial charge in [0.05, 0.1) is 18.5 Å². The van der Waals surface area contributed by atoms with Crippen LogP contribution in [0.3, 0.4) is 0 Å². The number of imidazole rings is 1. The molecule has 0 bridgehead atoms.